The fourth-order valence-corrected chi connectivity index (χ4v) is 4.27. The largest absolute Gasteiger partial charge is 0.355 e. The molecule has 1 aliphatic rings. The third kappa shape index (κ3) is 4.54. The Morgan fingerprint density at radius 3 is 2.63 bits per heavy atom. The molecule has 3 N–H and O–H groups in total. The highest BCUT2D eigenvalue weighted by Crippen LogP contribution is 2.42. The zero-order valence-electron chi connectivity index (χ0n) is 19.2. The molecule has 0 atom stereocenters. The Balaban J connectivity index is 1.57. The summed E-state index contributed by atoms with van der Waals surface area (Å²) in [5.74, 6) is 0.164. The highest BCUT2D eigenvalue weighted by molar-refractivity contribution is 5.98. The molecular formula is C27H24N6O2. The van der Waals surface area contributed by atoms with E-state index in [4.69, 9.17) is 0 Å². The third-order valence-electron chi connectivity index (χ3n) is 5.75. The maximum Gasteiger partial charge on any atom is 0.256 e. The second-order valence-electron chi connectivity index (χ2n) is 8.34. The second kappa shape index (κ2) is 9.26. The van der Waals surface area contributed by atoms with Gasteiger partial charge in [-0.25, -0.2) is 4.98 Å². The molecule has 3 aromatic heterocycles. The van der Waals surface area contributed by atoms with Crippen molar-refractivity contribution >= 4 is 34.6 Å². The number of nitrogens with zero attached hydrogens (tertiary/aromatic N) is 3. The number of nitrogens with one attached hydrogen (secondary N) is 3. The number of hydrogen-bond donors (Lipinski definition) is 3. The molecule has 8 heteroatoms. The number of hydrogen-bond acceptors (Lipinski definition) is 5. The zero-order valence-corrected chi connectivity index (χ0v) is 19.2. The summed E-state index contributed by atoms with van der Waals surface area (Å²) in [7, 11) is 0. The van der Waals surface area contributed by atoms with Crippen molar-refractivity contribution in [2.75, 3.05) is 17.2 Å². The van der Waals surface area contributed by atoms with E-state index in [2.05, 4.69) is 32.2 Å². The molecule has 0 saturated heterocycles. The van der Waals surface area contributed by atoms with Gasteiger partial charge in [0.2, 0.25) is 5.91 Å². The summed E-state index contributed by atoms with van der Waals surface area (Å²) in [5.41, 5.74) is 6.65. The van der Waals surface area contributed by atoms with Gasteiger partial charge in [0.05, 0.1) is 23.5 Å². The number of H-pyrrole nitrogens is 1. The summed E-state index contributed by atoms with van der Waals surface area (Å²) >= 11 is 0. The van der Waals surface area contributed by atoms with Gasteiger partial charge in [0.1, 0.15) is 5.82 Å². The van der Waals surface area contributed by atoms with Crippen LogP contribution in [0.5, 0.6) is 0 Å². The van der Waals surface area contributed by atoms with E-state index in [1.807, 2.05) is 42.5 Å². The molecule has 0 saturated carbocycles. The van der Waals surface area contributed by atoms with Crippen LogP contribution in [0.15, 0.2) is 79.8 Å². The minimum absolute atomic E-state index is 0.101. The number of carbonyl (C=O) groups is 2. The molecule has 0 fully saturated rings. The average Bonchev–Trinajstić information content (AvgIpc) is 3.23. The van der Waals surface area contributed by atoms with Crippen LogP contribution < -0.4 is 10.6 Å². The Hall–Kier alpha value is -4.72. The van der Waals surface area contributed by atoms with Crippen LogP contribution in [0, 0.1) is 0 Å². The predicted octanol–water partition coefficient (Wildman–Crippen LogP) is 4.84. The molecule has 174 valence electrons. The first-order chi connectivity index (χ1) is 17.0. The average molecular weight is 465 g/mol. The number of anilines is 3. The molecule has 0 unspecified atom stereocenters. The van der Waals surface area contributed by atoms with E-state index in [1.54, 1.807) is 35.6 Å². The summed E-state index contributed by atoms with van der Waals surface area (Å²) in [4.78, 5) is 38.3. The first-order valence-electron chi connectivity index (χ1n) is 11.2. The van der Waals surface area contributed by atoms with Gasteiger partial charge in [-0.2, -0.15) is 0 Å². The zero-order chi connectivity index (χ0) is 24.4. The quantitative estimate of drug-likeness (QED) is 0.392. The first-order valence-corrected chi connectivity index (χ1v) is 11.2. The molecule has 0 aliphatic carbocycles. The lowest BCUT2D eigenvalue weighted by atomic mass is 9.98. The predicted molar refractivity (Wildman–Crippen MR) is 136 cm³/mol. The van der Waals surface area contributed by atoms with Crippen molar-refractivity contribution in [2.45, 2.75) is 13.5 Å². The van der Waals surface area contributed by atoms with Crippen molar-refractivity contribution in [2.24, 2.45) is 0 Å². The second-order valence-corrected chi connectivity index (χ2v) is 8.34. The SMILES string of the molecule is C=C1CN(C(=O)c2cccnc2)Cc2[nH]c(-c3ccnc(NC(C)=O)c3)c(Nc3ccccc3)c21. The normalized spacial score (nSPS) is 12.7. The molecule has 35 heavy (non-hydrogen) atoms. The Labute approximate surface area is 202 Å². The number of fused-ring (bicyclic) bond motifs is 1. The van der Waals surface area contributed by atoms with Gasteiger partial charge in [0, 0.05) is 54.6 Å². The highest BCUT2D eigenvalue weighted by atomic mass is 16.2. The van der Waals surface area contributed by atoms with Crippen LogP contribution in [-0.4, -0.2) is 38.2 Å². The van der Waals surface area contributed by atoms with Crippen LogP contribution in [0.25, 0.3) is 16.8 Å². The molecule has 1 aliphatic heterocycles. The lowest BCUT2D eigenvalue weighted by molar-refractivity contribution is -0.114. The van der Waals surface area contributed by atoms with Crippen molar-refractivity contribution in [1.29, 1.82) is 0 Å². The molecule has 0 bridgehead atoms. The molecule has 4 aromatic rings. The Morgan fingerprint density at radius 1 is 1.06 bits per heavy atom. The number of aromatic nitrogens is 3. The summed E-state index contributed by atoms with van der Waals surface area (Å²) in [5, 5.41) is 6.27. The molecule has 4 heterocycles. The van der Waals surface area contributed by atoms with Gasteiger partial charge in [-0.1, -0.05) is 24.8 Å². The number of pyridine rings is 2. The Kier molecular flexibility index (Phi) is 5.85. The first kappa shape index (κ1) is 22.1. The number of amides is 2. The molecule has 1 aromatic carbocycles. The van der Waals surface area contributed by atoms with Crippen molar-refractivity contribution in [3.63, 3.8) is 0 Å². The topological polar surface area (TPSA) is 103 Å². The number of para-hydroxylation sites is 1. The number of aromatic amines is 1. The number of carbonyl (C=O) groups excluding carboxylic acids is 2. The van der Waals surface area contributed by atoms with Crippen molar-refractivity contribution in [1.82, 2.24) is 19.9 Å². The minimum atomic E-state index is -0.194. The molecule has 2 amide bonds. The lowest BCUT2D eigenvalue weighted by Crippen LogP contribution is -2.35. The van der Waals surface area contributed by atoms with Gasteiger partial charge in [-0.3, -0.25) is 14.6 Å². The lowest BCUT2D eigenvalue weighted by Gasteiger charge is -2.29. The Bertz CT molecular complexity index is 1410. The van der Waals surface area contributed by atoms with E-state index in [1.165, 1.54) is 6.92 Å². The van der Waals surface area contributed by atoms with E-state index < -0.39 is 0 Å². The molecule has 5 rings (SSSR count). The maximum absolute atomic E-state index is 13.1. The van der Waals surface area contributed by atoms with E-state index >= 15 is 0 Å². The number of rotatable bonds is 5. The molecule has 8 nitrogen and oxygen atoms in total. The summed E-state index contributed by atoms with van der Waals surface area (Å²) < 4.78 is 0. The minimum Gasteiger partial charge on any atom is -0.355 e. The van der Waals surface area contributed by atoms with Crippen molar-refractivity contribution in [3.05, 3.63) is 96.6 Å². The fraction of sp³-hybridized carbons (Fsp3) is 0.111. The van der Waals surface area contributed by atoms with E-state index in [0.29, 0.717) is 24.5 Å². The smallest absolute Gasteiger partial charge is 0.256 e. The maximum atomic E-state index is 13.1. The molecule has 0 radical (unpaired) electrons. The van der Waals surface area contributed by atoms with E-state index in [0.717, 1.165) is 39.5 Å². The van der Waals surface area contributed by atoms with Crippen LogP contribution in [-0.2, 0) is 11.3 Å². The van der Waals surface area contributed by atoms with E-state index in [-0.39, 0.29) is 11.8 Å². The van der Waals surface area contributed by atoms with Crippen LogP contribution in [0.2, 0.25) is 0 Å². The monoisotopic (exact) mass is 464 g/mol. The standard InChI is InChI=1S/C27H24N6O2/c1-17-15-33(27(35)20-7-6-11-28-14-20)16-22-24(17)26(31-21-8-4-3-5-9-21)25(32-22)19-10-12-29-23(13-19)30-18(2)34/h3-14,31-32H,1,15-16H2,2H3,(H,29,30,34). The fourth-order valence-electron chi connectivity index (χ4n) is 4.27. The van der Waals surface area contributed by atoms with Crippen LogP contribution in [0.4, 0.5) is 17.2 Å². The number of benzene rings is 1. The molecular weight excluding hydrogens is 440 g/mol. The van der Waals surface area contributed by atoms with Crippen molar-refractivity contribution < 1.29 is 9.59 Å². The summed E-state index contributed by atoms with van der Waals surface area (Å²) in [6, 6.07) is 17.1. The summed E-state index contributed by atoms with van der Waals surface area (Å²) in [6.07, 6.45) is 4.87. The van der Waals surface area contributed by atoms with Crippen LogP contribution in [0.1, 0.15) is 28.5 Å². The third-order valence-corrected chi connectivity index (χ3v) is 5.75. The van der Waals surface area contributed by atoms with Gasteiger partial charge in [-0.05, 0) is 42.0 Å². The molecule has 0 spiro atoms. The van der Waals surface area contributed by atoms with Crippen molar-refractivity contribution in [3.8, 4) is 11.3 Å². The van der Waals surface area contributed by atoms with Gasteiger partial charge in [-0.15, -0.1) is 0 Å². The highest BCUT2D eigenvalue weighted by Gasteiger charge is 2.30. The Morgan fingerprint density at radius 2 is 1.89 bits per heavy atom. The van der Waals surface area contributed by atoms with Gasteiger partial charge in [0.15, 0.2) is 0 Å². The van der Waals surface area contributed by atoms with Crippen LogP contribution >= 0.6 is 0 Å². The van der Waals surface area contributed by atoms with Gasteiger partial charge >= 0.3 is 0 Å². The van der Waals surface area contributed by atoms with Crippen LogP contribution in [0.3, 0.4) is 0 Å². The van der Waals surface area contributed by atoms with Gasteiger partial charge in [0.25, 0.3) is 5.91 Å². The van der Waals surface area contributed by atoms with Gasteiger partial charge < -0.3 is 20.5 Å². The van der Waals surface area contributed by atoms with E-state index in [9.17, 15) is 9.59 Å². The summed E-state index contributed by atoms with van der Waals surface area (Å²) in [6.45, 7) is 6.55.